The predicted molar refractivity (Wildman–Crippen MR) is 45.5 cm³/mol. The highest BCUT2D eigenvalue weighted by molar-refractivity contribution is 5.38. The van der Waals surface area contributed by atoms with Gasteiger partial charge in [-0.2, -0.15) is 5.26 Å². The molecule has 1 aromatic rings. The van der Waals surface area contributed by atoms with Crippen LogP contribution in [0.2, 0.25) is 0 Å². The van der Waals surface area contributed by atoms with E-state index in [1.807, 2.05) is 13.0 Å². The average Bonchev–Trinajstić information content (AvgIpc) is 2.16. The number of rotatable bonds is 2. The number of halogens is 2. The largest absolute Gasteiger partial charge is 0.264 e. The summed E-state index contributed by atoms with van der Waals surface area (Å²) in [7, 11) is 0. The molecule has 0 N–H and O–H groups in total. The first-order valence-electron chi connectivity index (χ1n) is 4.00. The maximum absolute atomic E-state index is 12.4. The lowest BCUT2D eigenvalue weighted by Crippen LogP contribution is -1.93. The summed E-state index contributed by atoms with van der Waals surface area (Å²) in [6, 6.07) is 6.24. The molecule has 0 amide bonds. The number of hydrogen-bond acceptors (Lipinski definition) is 1. The molecular formula is C10H9F2N. The van der Waals surface area contributed by atoms with Crippen LogP contribution >= 0.6 is 0 Å². The van der Waals surface area contributed by atoms with E-state index >= 15 is 0 Å². The number of nitrogens with zero attached hydrogens (tertiary/aromatic N) is 1. The molecule has 0 bridgehead atoms. The number of hydrogen-bond donors (Lipinski definition) is 0. The minimum atomic E-state index is -2.50. The van der Waals surface area contributed by atoms with E-state index in [-0.39, 0.29) is 11.1 Å². The minimum Gasteiger partial charge on any atom is -0.205 e. The Kier molecular flexibility index (Phi) is 2.97. The highest BCUT2D eigenvalue weighted by Gasteiger charge is 2.12. The lowest BCUT2D eigenvalue weighted by atomic mass is 10.0. The van der Waals surface area contributed by atoms with E-state index in [9.17, 15) is 8.78 Å². The normalized spacial score (nSPS) is 10.1. The van der Waals surface area contributed by atoms with Gasteiger partial charge in [-0.25, -0.2) is 8.78 Å². The Morgan fingerprint density at radius 2 is 2.15 bits per heavy atom. The van der Waals surface area contributed by atoms with Gasteiger partial charge in [0.05, 0.1) is 11.6 Å². The molecule has 0 spiro atoms. The molecule has 0 atom stereocenters. The molecule has 0 aliphatic heterocycles. The summed E-state index contributed by atoms with van der Waals surface area (Å²) in [6.45, 7) is 1.81. The van der Waals surface area contributed by atoms with Crippen LogP contribution in [0.5, 0.6) is 0 Å². The number of benzene rings is 1. The van der Waals surface area contributed by atoms with Crippen LogP contribution in [0.3, 0.4) is 0 Å². The van der Waals surface area contributed by atoms with Crippen LogP contribution in [0.4, 0.5) is 8.78 Å². The molecule has 68 valence electrons. The van der Waals surface area contributed by atoms with Crippen molar-refractivity contribution in [2.75, 3.05) is 0 Å². The van der Waals surface area contributed by atoms with Crippen molar-refractivity contribution in [3.8, 4) is 6.07 Å². The van der Waals surface area contributed by atoms with Gasteiger partial charge in [0.1, 0.15) is 0 Å². The van der Waals surface area contributed by atoms with E-state index in [0.29, 0.717) is 12.0 Å². The molecule has 0 aliphatic rings. The zero-order valence-electron chi connectivity index (χ0n) is 7.22. The second-order valence-corrected chi connectivity index (χ2v) is 2.68. The molecule has 0 saturated carbocycles. The van der Waals surface area contributed by atoms with Crippen molar-refractivity contribution in [2.45, 2.75) is 19.8 Å². The molecule has 0 aliphatic carbocycles. The Morgan fingerprint density at radius 1 is 1.46 bits per heavy atom. The van der Waals surface area contributed by atoms with Crippen molar-refractivity contribution in [3.05, 3.63) is 34.9 Å². The molecule has 13 heavy (non-hydrogen) atoms. The van der Waals surface area contributed by atoms with Crippen molar-refractivity contribution >= 4 is 0 Å². The Labute approximate surface area is 75.6 Å². The summed E-state index contributed by atoms with van der Waals surface area (Å²) < 4.78 is 24.8. The predicted octanol–water partition coefficient (Wildman–Crippen LogP) is 3.06. The molecule has 0 unspecified atom stereocenters. The SMILES string of the molecule is CCc1ccc(C#N)cc1C(F)F. The summed E-state index contributed by atoms with van der Waals surface area (Å²) in [5.74, 6) is 0. The Balaban J connectivity index is 3.20. The van der Waals surface area contributed by atoms with Crippen molar-refractivity contribution < 1.29 is 8.78 Å². The van der Waals surface area contributed by atoms with Crippen LogP contribution in [0.1, 0.15) is 30.0 Å². The average molecular weight is 181 g/mol. The molecular weight excluding hydrogens is 172 g/mol. The summed E-state index contributed by atoms with van der Waals surface area (Å²) >= 11 is 0. The van der Waals surface area contributed by atoms with Crippen LogP contribution in [-0.2, 0) is 6.42 Å². The topological polar surface area (TPSA) is 23.8 Å². The molecule has 0 radical (unpaired) electrons. The van der Waals surface area contributed by atoms with Gasteiger partial charge in [0.15, 0.2) is 0 Å². The summed E-state index contributed by atoms with van der Waals surface area (Å²) in [6.07, 6.45) is -1.94. The fourth-order valence-corrected chi connectivity index (χ4v) is 1.19. The number of nitriles is 1. The Hall–Kier alpha value is -1.43. The molecule has 3 heteroatoms. The van der Waals surface area contributed by atoms with Gasteiger partial charge in [0.2, 0.25) is 0 Å². The van der Waals surface area contributed by atoms with E-state index in [2.05, 4.69) is 0 Å². The van der Waals surface area contributed by atoms with Gasteiger partial charge in [-0.05, 0) is 24.1 Å². The molecule has 0 heterocycles. The van der Waals surface area contributed by atoms with Gasteiger partial charge in [-0.3, -0.25) is 0 Å². The standard InChI is InChI=1S/C10H9F2N/c1-2-8-4-3-7(6-13)5-9(8)10(11)12/h3-5,10H,2H2,1H3. The summed E-state index contributed by atoms with van der Waals surface area (Å²) in [5.41, 5.74) is 0.864. The highest BCUT2D eigenvalue weighted by atomic mass is 19.3. The maximum Gasteiger partial charge on any atom is 0.264 e. The smallest absolute Gasteiger partial charge is 0.205 e. The van der Waals surface area contributed by atoms with Crippen molar-refractivity contribution in [1.29, 1.82) is 5.26 Å². The zero-order chi connectivity index (χ0) is 9.84. The van der Waals surface area contributed by atoms with E-state index in [4.69, 9.17) is 5.26 Å². The molecule has 1 nitrogen and oxygen atoms in total. The zero-order valence-corrected chi connectivity index (χ0v) is 7.22. The van der Waals surface area contributed by atoms with Crippen molar-refractivity contribution in [3.63, 3.8) is 0 Å². The lowest BCUT2D eigenvalue weighted by Gasteiger charge is -2.06. The van der Waals surface area contributed by atoms with E-state index < -0.39 is 6.43 Å². The van der Waals surface area contributed by atoms with Crippen molar-refractivity contribution in [2.24, 2.45) is 0 Å². The van der Waals surface area contributed by atoms with E-state index in [0.717, 1.165) is 0 Å². The van der Waals surface area contributed by atoms with Crippen LogP contribution in [0.25, 0.3) is 0 Å². The molecule has 0 fully saturated rings. The minimum absolute atomic E-state index is 0.0263. The molecule has 1 aromatic carbocycles. The van der Waals surface area contributed by atoms with E-state index in [1.165, 1.54) is 6.07 Å². The third-order valence-electron chi connectivity index (χ3n) is 1.89. The van der Waals surface area contributed by atoms with E-state index in [1.54, 1.807) is 12.1 Å². The Bertz CT molecular complexity index is 339. The molecule has 0 aromatic heterocycles. The van der Waals surface area contributed by atoms with Crippen LogP contribution in [0.15, 0.2) is 18.2 Å². The summed E-state index contributed by atoms with van der Waals surface area (Å²) in [4.78, 5) is 0. The fourth-order valence-electron chi connectivity index (χ4n) is 1.19. The summed E-state index contributed by atoms with van der Waals surface area (Å²) in [5, 5.41) is 8.51. The van der Waals surface area contributed by atoms with Gasteiger partial charge < -0.3 is 0 Å². The monoisotopic (exact) mass is 181 g/mol. The van der Waals surface area contributed by atoms with Gasteiger partial charge >= 0.3 is 0 Å². The fraction of sp³-hybridized carbons (Fsp3) is 0.300. The number of alkyl halides is 2. The quantitative estimate of drug-likeness (QED) is 0.687. The van der Waals surface area contributed by atoms with Crippen molar-refractivity contribution in [1.82, 2.24) is 0 Å². The lowest BCUT2D eigenvalue weighted by molar-refractivity contribution is 0.150. The molecule has 0 saturated heterocycles. The van der Waals surface area contributed by atoms with Gasteiger partial charge in [-0.15, -0.1) is 0 Å². The first-order valence-corrected chi connectivity index (χ1v) is 4.00. The van der Waals surface area contributed by atoms with Gasteiger partial charge in [0, 0.05) is 5.56 Å². The number of aryl methyl sites for hydroxylation is 1. The van der Waals surface area contributed by atoms with Crippen LogP contribution in [0, 0.1) is 11.3 Å². The Morgan fingerprint density at radius 3 is 2.62 bits per heavy atom. The van der Waals surface area contributed by atoms with Gasteiger partial charge in [-0.1, -0.05) is 13.0 Å². The maximum atomic E-state index is 12.4. The highest BCUT2D eigenvalue weighted by Crippen LogP contribution is 2.24. The third kappa shape index (κ3) is 2.03. The third-order valence-corrected chi connectivity index (χ3v) is 1.89. The first kappa shape index (κ1) is 9.66. The second-order valence-electron chi connectivity index (χ2n) is 2.68. The molecule has 1 rings (SSSR count). The first-order chi connectivity index (χ1) is 6.19. The van der Waals surface area contributed by atoms with Crippen LogP contribution < -0.4 is 0 Å². The second kappa shape index (κ2) is 3.99. The van der Waals surface area contributed by atoms with Crippen LogP contribution in [-0.4, -0.2) is 0 Å². The van der Waals surface area contributed by atoms with Gasteiger partial charge in [0.25, 0.3) is 6.43 Å².